The summed E-state index contributed by atoms with van der Waals surface area (Å²) in [6, 6.07) is 5.85. The molecule has 0 bridgehead atoms. The Bertz CT molecular complexity index is 393. The maximum absolute atomic E-state index is 10.9. The third kappa shape index (κ3) is 2.07. The van der Waals surface area contributed by atoms with Gasteiger partial charge >= 0.3 is 0 Å². The fraction of sp³-hybridized carbons (Fsp3) is 0.417. The molecule has 80 valence electrons. The van der Waals surface area contributed by atoms with Gasteiger partial charge in [-0.1, -0.05) is 29.8 Å². The van der Waals surface area contributed by atoms with Gasteiger partial charge in [-0.15, -0.1) is 0 Å². The number of carbonyl (C=O) groups excluding carboxylic acids is 1. The van der Waals surface area contributed by atoms with Crippen molar-refractivity contribution < 1.29 is 4.79 Å². The molecule has 1 aromatic rings. The Labute approximate surface area is 98.4 Å². The van der Waals surface area contributed by atoms with E-state index in [-0.39, 0.29) is 0 Å². The zero-order chi connectivity index (χ0) is 11.1. The summed E-state index contributed by atoms with van der Waals surface area (Å²) in [5, 5.41) is 0. The second-order valence-corrected chi connectivity index (χ2v) is 5.76. The monoisotopic (exact) mass is 267 g/mol. The van der Waals surface area contributed by atoms with Crippen molar-refractivity contribution in [1.29, 1.82) is 0 Å². The van der Waals surface area contributed by atoms with Crippen molar-refractivity contribution in [3.8, 4) is 0 Å². The Morgan fingerprint density at radius 1 is 1.40 bits per heavy atom. The Morgan fingerprint density at radius 3 is 2.60 bits per heavy atom. The number of nitrogens with zero attached hydrogens (tertiary/aromatic N) is 1. The minimum atomic E-state index is 0.382. The van der Waals surface area contributed by atoms with Crippen LogP contribution in [0.15, 0.2) is 22.7 Å². The highest BCUT2D eigenvalue weighted by atomic mass is 79.9. The smallest absolute Gasteiger partial charge is 0.152 e. The Morgan fingerprint density at radius 2 is 2.07 bits per heavy atom. The van der Waals surface area contributed by atoms with Gasteiger partial charge in [-0.3, -0.25) is 4.79 Å². The van der Waals surface area contributed by atoms with Gasteiger partial charge in [0.1, 0.15) is 0 Å². The third-order valence-electron chi connectivity index (χ3n) is 2.70. The molecule has 0 saturated carbocycles. The Kier molecular flexibility index (Phi) is 2.59. The average Bonchev–Trinajstić information content (AvgIpc) is 2.14. The molecule has 3 heteroatoms. The number of anilines is 1. The minimum absolute atomic E-state index is 0.382. The molecule has 0 aliphatic carbocycles. The molecular formula is C12H14BrNO. The maximum atomic E-state index is 10.9. The van der Waals surface area contributed by atoms with E-state index in [2.05, 4.69) is 34.7 Å². The van der Waals surface area contributed by atoms with Crippen molar-refractivity contribution in [3.05, 3.63) is 28.2 Å². The molecule has 1 saturated heterocycles. The summed E-state index contributed by atoms with van der Waals surface area (Å²) in [6.07, 6.45) is 0.922. The molecule has 0 radical (unpaired) electrons. The molecule has 2 rings (SSSR count). The van der Waals surface area contributed by atoms with E-state index in [0.717, 1.165) is 35.1 Å². The topological polar surface area (TPSA) is 20.3 Å². The van der Waals surface area contributed by atoms with Gasteiger partial charge in [-0.2, -0.15) is 0 Å². The molecule has 0 aromatic heterocycles. The van der Waals surface area contributed by atoms with Crippen molar-refractivity contribution in [2.24, 2.45) is 5.41 Å². The van der Waals surface area contributed by atoms with E-state index in [4.69, 9.17) is 0 Å². The van der Waals surface area contributed by atoms with Crippen LogP contribution in [-0.2, 0) is 0 Å². The molecular weight excluding hydrogens is 254 g/mol. The summed E-state index contributed by atoms with van der Waals surface area (Å²) in [6.45, 7) is 6.52. The highest BCUT2D eigenvalue weighted by Gasteiger charge is 2.34. The Balaban J connectivity index is 2.26. The number of hydrogen-bond acceptors (Lipinski definition) is 2. The van der Waals surface area contributed by atoms with Gasteiger partial charge in [0, 0.05) is 28.8 Å². The number of carbonyl (C=O) groups is 1. The molecule has 1 fully saturated rings. The van der Waals surface area contributed by atoms with Crippen molar-refractivity contribution >= 4 is 27.9 Å². The first kappa shape index (κ1) is 10.7. The van der Waals surface area contributed by atoms with Crippen LogP contribution in [0.25, 0.3) is 0 Å². The van der Waals surface area contributed by atoms with Crippen LogP contribution < -0.4 is 4.90 Å². The molecule has 2 nitrogen and oxygen atoms in total. The summed E-state index contributed by atoms with van der Waals surface area (Å²) in [4.78, 5) is 13.2. The van der Waals surface area contributed by atoms with Crippen LogP contribution >= 0.6 is 15.9 Å². The molecule has 0 atom stereocenters. The largest absolute Gasteiger partial charge is 0.370 e. The van der Waals surface area contributed by atoms with Crippen LogP contribution in [0.5, 0.6) is 0 Å². The number of hydrogen-bond donors (Lipinski definition) is 0. The molecule has 1 aliphatic rings. The number of aldehydes is 1. The lowest BCUT2D eigenvalue weighted by Crippen LogP contribution is -2.53. The summed E-state index contributed by atoms with van der Waals surface area (Å²) in [7, 11) is 0. The Hall–Kier alpha value is -0.830. The second kappa shape index (κ2) is 3.63. The fourth-order valence-electron chi connectivity index (χ4n) is 2.07. The molecule has 0 unspecified atom stereocenters. The van der Waals surface area contributed by atoms with Crippen molar-refractivity contribution in [2.75, 3.05) is 18.0 Å². The first-order chi connectivity index (χ1) is 7.02. The van der Waals surface area contributed by atoms with E-state index in [9.17, 15) is 4.79 Å². The van der Waals surface area contributed by atoms with E-state index in [1.165, 1.54) is 0 Å². The average molecular weight is 268 g/mol. The van der Waals surface area contributed by atoms with Gasteiger partial charge < -0.3 is 4.90 Å². The highest BCUT2D eigenvalue weighted by molar-refractivity contribution is 9.10. The predicted octanol–water partition coefficient (Wildman–Crippen LogP) is 3.11. The second-order valence-electron chi connectivity index (χ2n) is 4.84. The molecule has 1 aliphatic heterocycles. The normalized spacial score (nSPS) is 18.5. The fourth-order valence-corrected chi connectivity index (χ4v) is 2.44. The SMILES string of the molecule is CC1(C)CN(c2ccc(Br)cc2C=O)C1. The first-order valence-electron chi connectivity index (χ1n) is 5.01. The van der Waals surface area contributed by atoms with Gasteiger partial charge in [0.05, 0.1) is 0 Å². The number of benzene rings is 1. The van der Waals surface area contributed by atoms with Crippen LogP contribution in [0.3, 0.4) is 0 Å². The predicted molar refractivity (Wildman–Crippen MR) is 65.5 cm³/mol. The van der Waals surface area contributed by atoms with Crippen LogP contribution in [-0.4, -0.2) is 19.4 Å². The van der Waals surface area contributed by atoms with Gasteiger partial charge in [0.15, 0.2) is 6.29 Å². The molecule has 0 spiro atoms. The van der Waals surface area contributed by atoms with Gasteiger partial charge in [0.25, 0.3) is 0 Å². The highest BCUT2D eigenvalue weighted by Crippen LogP contribution is 2.35. The summed E-state index contributed by atoms with van der Waals surface area (Å²) in [5.74, 6) is 0. The number of halogens is 1. The lowest BCUT2D eigenvalue weighted by molar-refractivity contribution is 0.112. The minimum Gasteiger partial charge on any atom is -0.370 e. The third-order valence-corrected chi connectivity index (χ3v) is 3.19. The molecule has 1 heterocycles. The lowest BCUT2D eigenvalue weighted by Gasteiger charge is -2.47. The summed E-state index contributed by atoms with van der Waals surface area (Å²) in [5.41, 5.74) is 2.19. The van der Waals surface area contributed by atoms with E-state index in [1.54, 1.807) is 0 Å². The van der Waals surface area contributed by atoms with E-state index in [1.807, 2.05) is 18.2 Å². The van der Waals surface area contributed by atoms with Crippen molar-refractivity contribution in [2.45, 2.75) is 13.8 Å². The number of rotatable bonds is 2. The van der Waals surface area contributed by atoms with Crippen LogP contribution in [0.4, 0.5) is 5.69 Å². The summed E-state index contributed by atoms with van der Waals surface area (Å²) < 4.78 is 0.952. The molecule has 15 heavy (non-hydrogen) atoms. The molecule has 0 amide bonds. The van der Waals surface area contributed by atoms with Crippen molar-refractivity contribution in [1.82, 2.24) is 0 Å². The standard InChI is InChI=1S/C12H14BrNO/c1-12(2)7-14(8-12)11-4-3-10(13)5-9(11)6-15/h3-6H,7-8H2,1-2H3. The van der Waals surface area contributed by atoms with Gasteiger partial charge in [-0.05, 0) is 23.6 Å². The van der Waals surface area contributed by atoms with Gasteiger partial charge in [-0.25, -0.2) is 0 Å². The van der Waals surface area contributed by atoms with Gasteiger partial charge in [0.2, 0.25) is 0 Å². The molecule has 1 aromatic carbocycles. The summed E-state index contributed by atoms with van der Waals surface area (Å²) >= 11 is 3.37. The van der Waals surface area contributed by atoms with E-state index in [0.29, 0.717) is 5.41 Å². The molecule has 0 N–H and O–H groups in total. The van der Waals surface area contributed by atoms with E-state index < -0.39 is 0 Å². The zero-order valence-electron chi connectivity index (χ0n) is 8.96. The maximum Gasteiger partial charge on any atom is 0.152 e. The van der Waals surface area contributed by atoms with Crippen LogP contribution in [0.1, 0.15) is 24.2 Å². The zero-order valence-corrected chi connectivity index (χ0v) is 10.5. The quantitative estimate of drug-likeness (QED) is 0.768. The van der Waals surface area contributed by atoms with Crippen LogP contribution in [0, 0.1) is 5.41 Å². The van der Waals surface area contributed by atoms with Crippen molar-refractivity contribution in [3.63, 3.8) is 0 Å². The van der Waals surface area contributed by atoms with E-state index >= 15 is 0 Å². The van der Waals surface area contributed by atoms with Crippen LogP contribution in [0.2, 0.25) is 0 Å². The lowest BCUT2D eigenvalue weighted by atomic mass is 9.83. The first-order valence-corrected chi connectivity index (χ1v) is 5.81.